The van der Waals surface area contributed by atoms with Crippen LogP contribution in [0.3, 0.4) is 0 Å². The van der Waals surface area contributed by atoms with Crippen molar-refractivity contribution in [3.8, 4) is 5.75 Å². The second-order valence-corrected chi connectivity index (χ2v) is 8.30. The molecule has 0 unspecified atom stereocenters. The second-order valence-electron chi connectivity index (χ2n) is 8.30. The Morgan fingerprint density at radius 2 is 1.56 bits per heavy atom. The molecular weight excluding hydrogens is 311 g/mol. The highest BCUT2D eigenvalue weighted by Crippen LogP contribution is 2.44. The van der Waals surface area contributed by atoms with Crippen molar-refractivity contribution in [1.29, 1.82) is 0 Å². The monoisotopic (exact) mass is 346 g/mol. The quantitative estimate of drug-likeness (QED) is 0.533. The zero-order valence-electron chi connectivity index (χ0n) is 16.1. The minimum absolute atomic E-state index is 0.198. The van der Waals surface area contributed by atoms with Crippen molar-refractivity contribution in [3.05, 3.63) is 29.6 Å². The fourth-order valence-corrected chi connectivity index (χ4v) is 5.32. The summed E-state index contributed by atoms with van der Waals surface area (Å²) in [6.07, 6.45) is 13.7. The van der Waals surface area contributed by atoms with E-state index in [4.69, 9.17) is 4.74 Å². The summed E-state index contributed by atoms with van der Waals surface area (Å²) in [6, 6.07) is 5.61. The molecule has 0 amide bonds. The smallest absolute Gasteiger partial charge is 0.165 e. The van der Waals surface area contributed by atoms with Gasteiger partial charge in [-0.3, -0.25) is 0 Å². The Kier molecular flexibility index (Phi) is 6.78. The van der Waals surface area contributed by atoms with E-state index in [1.165, 1.54) is 69.8 Å². The molecule has 0 radical (unpaired) electrons. The summed E-state index contributed by atoms with van der Waals surface area (Å²) in [7, 11) is 0. The third-order valence-electron chi connectivity index (χ3n) is 6.75. The van der Waals surface area contributed by atoms with Crippen molar-refractivity contribution in [2.75, 3.05) is 6.61 Å². The van der Waals surface area contributed by atoms with Gasteiger partial charge in [0.25, 0.3) is 0 Å². The molecule has 1 nitrogen and oxygen atoms in total. The van der Waals surface area contributed by atoms with Crippen LogP contribution >= 0.6 is 0 Å². The minimum atomic E-state index is -0.198. The highest BCUT2D eigenvalue weighted by molar-refractivity contribution is 5.31. The topological polar surface area (TPSA) is 9.23 Å². The molecule has 0 bridgehead atoms. The molecule has 1 aromatic rings. The van der Waals surface area contributed by atoms with Gasteiger partial charge in [0, 0.05) is 0 Å². The standard InChI is InChI=1S/C23H35FO/c1-3-5-17-6-8-18(9-7-17)19-10-12-20(13-11-19)21-14-15-23(25-4-2)22(24)16-21/h14-20H,3-13H2,1-2H3. The van der Waals surface area contributed by atoms with Gasteiger partial charge in [-0.15, -0.1) is 0 Å². The van der Waals surface area contributed by atoms with E-state index in [0.717, 1.165) is 17.8 Å². The Labute approximate surface area is 153 Å². The number of halogens is 1. The fourth-order valence-electron chi connectivity index (χ4n) is 5.32. The van der Waals surface area contributed by atoms with E-state index in [1.807, 2.05) is 13.0 Å². The van der Waals surface area contributed by atoms with Crippen LogP contribution in [0.5, 0.6) is 5.75 Å². The highest BCUT2D eigenvalue weighted by atomic mass is 19.1. The normalized spacial score (nSPS) is 30.2. The van der Waals surface area contributed by atoms with Crippen molar-refractivity contribution in [1.82, 2.24) is 0 Å². The van der Waals surface area contributed by atoms with Gasteiger partial charge in [-0.05, 0) is 86.8 Å². The molecule has 2 fully saturated rings. The predicted molar refractivity (Wildman–Crippen MR) is 103 cm³/mol. The van der Waals surface area contributed by atoms with E-state index in [2.05, 4.69) is 13.0 Å². The van der Waals surface area contributed by atoms with Gasteiger partial charge < -0.3 is 4.74 Å². The summed E-state index contributed by atoms with van der Waals surface area (Å²) in [4.78, 5) is 0. The van der Waals surface area contributed by atoms with Crippen molar-refractivity contribution < 1.29 is 9.13 Å². The zero-order valence-corrected chi connectivity index (χ0v) is 16.1. The van der Waals surface area contributed by atoms with E-state index in [0.29, 0.717) is 18.3 Å². The summed E-state index contributed by atoms with van der Waals surface area (Å²) in [6.45, 7) is 4.73. The Bertz CT molecular complexity index is 525. The number of ether oxygens (including phenoxy) is 1. The SMILES string of the molecule is CCCC1CCC(C2CCC(c3ccc(OCC)c(F)c3)CC2)CC1. The second kappa shape index (κ2) is 9.05. The third-order valence-corrected chi connectivity index (χ3v) is 6.75. The molecular formula is C23H35FO. The Hall–Kier alpha value is -1.05. The summed E-state index contributed by atoms with van der Waals surface area (Å²) in [5.74, 6) is 3.62. The molecule has 25 heavy (non-hydrogen) atoms. The molecule has 2 aliphatic carbocycles. The largest absolute Gasteiger partial charge is 0.491 e. The van der Waals surface area contributed by atoms with Gasteiger partial charge >= 0.3 is 0 Å². The van der Waals surface area contributed by atoms with Gasteiger partial charge in [0.15, 0.2) is 11.6 Å². The van der Waals surface area contributed by atoms with Crippen LogP contribution in [0.1, 0.15) is 89.5 Å². The molecule has 1 aromatic carbocycles. The van der Waals surface area contributed by atoms with E-state index in [1.54, 1.807) is 6.07 Å². The zero-order chi connectivity index (χ0) is 17.6. The molecule has 0 aromatic heterocycles. The van der Waals surface area contributed by atoms with Gasteiger partial charge in [0.2, 0.25) is 0 Å². The van der Waals surface area contributed by atoms with Gasteiger partial charge in [0.1, 0.15) is 0 Å². The fraction of sp³-hybridized carbons (Fsp3) is 0.739. The van der Waals surface area contributed by atoms with Crippen molar-refractivity contribution >= 4 is 0 Å². The van der Waals surface area contributed by atoms with Crippen LogP contribution in [-0.2, 0) is 0 Å². The lowest BCUT2D eigenvalue weighted by atomic mass is 9.68. The van der Waals surface area contributed by atoms with Crippen LogP contribution in [0.15, 0.2) is 18.2 Å². The summed E-state index contributed by atoms with van der Waals surface area (Å²) in [5, 5.41) is 0. The Morgan fingerprint density at radius 3 is 2.12 bits per heavy atom. The molecule has 2 heteroatoms. The first-order chi connectivity index (χ1) is 12.2. The van der Waals surface area contributed by atoms with Gasteiger partial charge in [-0.1, -0.05) is 38.7 Å². The lowest BCUT2D eigenvalue weighted by Gasteiger charge is -2.38. The van der Waals surface area contributed by atoms with Crippen molar-refractivity contribution in [3.63, 3.8) is 0 Å². The summed E-state index contributed by atoms with van der Waals surface area (Å²) >= 11 is 0. The first kappa shape index (κ1) is 18.7. The van der Waals surface area contributed by atoms with Crippen LogP contribution in [0, 0.1) is 23.6 Å². The van der Waals surface area contributed by atoms with E-state index in [-0.39, 0.29) is 5.82 Å². The maximum Gasteiger partial charge on any atom is 0.165 e. The molecule has 0 atom stereocenters. The minimum Gasteiger partial charge on any atom is -0.491 e. The van der Waals surface area contributed by atoms with Crippen LogP contribution < -0.4 is 4.74 Å². The number of rotatable bonds is 6. The van der Waals surface area contributed by atoms with Gasteiger partial charge in [-0.25, -0.2) is 4.39 Å². The first-order valence-corrected chi connectivity index (χ1v) is 10.6. The molecule has 3 rings (SSSR count). The Balaban J connectivity index is 1.50. The van der Waals surface area contributed by atoms with E-state index >= 15 is 0 Å². The molecule has 0 heterocycles. The lowest BCUT2D eigenvalue weighted by Crippen LogP contribution is -2.25. The van der Waals surface area contributed by atoms with Crippen LogP contribution in [-0.4, -0.2) is 6.61 Å². The maximum absolute atomic E-state index is 14.1. The van der Waals surface area contributed by atoms with Crippen LogP contribution in [0.2, 0.25) is 0 Å². The molecule has 2 saturated carbocycles. The average Bonchev–Trinajstić information content (AvgIpc) is 2.65. The maximum atomic E-state index is 14.1. The lowest BCUT2D eigenvalue weighted by molar-refractivity contribution is 0.156. The van der Waals surface area contributed by atoms with Crippen molar-refractivity contribution in [2.24, 2.45) is 17.8 Å². The van der Waals surface area contributed by atoms with Crippen molar-refractivity contribution in [2.45, 2.75) is 84.0 Å². The highest BCUT2D eigenvalue weighted by Gasteiger charge is 2.31. The van der Waals surface area contributed by atoms with Gasteiger partial charge in [0.05, 0.1) is 6.61 Å². The van der Waals surface area contributed by atoms with E-state index in [9.17, 15) is 4.39 Å². The predicted octanol–water partition coefficient (Wildman–Crippen LogP) is 7.10. The molecule has 0 aliphatic heterocycles. The molecule has 0 saturated heterocycles. The molecule has 0 N–H and O–H groups in total. The van der Waals surface area contributed by atoms with E-state index < -0.39 is 0 Å². The number of benzene rings is 1. The number of hydrogen-bond donors (Lipinski definition) is 0. The van der Waals surface area contributed by atoms with Gasteiger partial charge in [-0.2, -0.15) is 0 Å². The molecule has 140 valence electrons. The van der Waals surface area contributed by atoms with Crippen LogP contribution in [0.4, 0.5) is 4.39 Å². The molecule has 2 aliphatic rings. The summed E-state index contributed by atoms with van der Waals surface area (Å²) in [5.41, 5.74) is 1.17. The average molecular weight is 347 g/mol. The Morgan fingerprint density at radius 1 is 0.920 bits per heavy atom. The summed E-state index contributed by atoms with van der Waals surface area (Å²) < 4.78 is 19.5. The molecule has 0 spiro atoms. The third kappa shape index (κ3) is 4.77. The first-order valence-electron chi connectivity index (χ1n) is 10.6. The number of hydrogen-bond acceptors (Lipinski definition) is 1. The van der Waals surface area contributed by atoms with Crippen LogP contribution in [0.25, 0.3) is 0 Å².